The highest BCUT2D eigenvalue weighted by atomic mass is 32.2. The molecule has 2 atom stereocenters. The number of hydrogen-bond acceptors (Lipinski definition) is 4. The van der Waals surface area contributed by atoms with Crippen LogP contribution in [0.2, 0.25) is 0 Å². The van der Waals surface area contributed by atoms with E-state index in [1.165, 1.54) is 14.0 Å². The van der Waals surface area contributed by atoms with Gasteiger partial charge in [0.25, 0.3) is 0 Å². The Morgan fingerprint density at radius 3 is 2.57 bits per heavy atom. The zero-order valence-corrected chi connectivity index (χ0v) is 12.2. The summed E-state index contributed by atoms with van der Waals surface area (Å²) in [5.74, 6) is -4.09. The van der Waals surface area contributed by atoms with E-state index in [0.29, 0.717) is 0 Å². The summed E-state index contributed by atoms with van der Waals surface area (Å²) in [6, 6.07) is 1.58. The molecule has 0 aliphatic heterocycles. The molecule has 21 heavy (non-hydrogen) atoms. The van der Waals surface area contributed by atoms with Gasteiger partial charge in [-0.15, -0.1) is 0 Å². The number of carbonyl (C=O) groups is 1. The standard InChI is InChI=1S/C12H15F2NO5S/c1-7(20-2)9(6-11(16)17)15-21(18,19)10-5-3-4-8(13)12(10)14/h3-5,7,9,15H,6H2,1-2H3,(H,16,17)/t7-,9-/m1/s1. The number of nitrogens with one attached hydrogen (secondary N) is 1. The van der Waals surface area contributed by atoms with Crippen LogP contribution < -0.4 is 4.72 Å². The zero-order valence-electron chi connectivity index (χ0n) is 11.3. The van der Waals surface area contributed by atoms with Crippen molar-refractivity contribution in [2.75, 3.05) is 7.11 Å². The van der Waals surface area contributed by atoms with Gasteiger partial charge >= 0.3 is 5.97 Å². The quantitative estimate of drug-likeness (QED) is 0.784. The number of benzene rings is 1. The normalized spacial score (nSPS) is 14.7. The summed E-state index contributed by atoms with van der Waals surface area (Å²) in [7, 11) is -3.15. The van der Waals surface area contributed by atoms with Crippen LogP contribution in [-0.2, 0) is 19.6 Å². The second kappa shape index (κ2) is 6.92. The number of carboxylic acids is 1. The van der Waals surface area contributed by atoms with Crippen molar-refractivity contribution in [3.8, 4) is 0 Å². The Hall–Kier alpha value is -1.58. The Labute approximate surface area is 120 Å². The Kier molecular flexibility index (Phi) is 5.76. The number of halogens is 2. The molecule has 0 aromatic heterocycles. The van der Waals surface area contributed by atoms with E-state index in [1.807, 2.05) is 4.72 Å². The second-order valence-electron chi connectivity index (χ2n) is 4.32. The van der Waals surface area contributed by atoms with Gasteiger partial charge in [-0.1, -0.05) is 6.07 Å². The second-order valence-corrected chi connectivity index (χ2v) is 6.00. The van der Waals surface area contributed by atoms with Crippen LogP contribution >= 0.6 is 0 Å². The van der Waals surface area contributed by atoms with Gasteiger partial charge in [-0.3, -0.25) is 4.79 Å². The third-order valence-electron chi connectivity index (χ3n) is 2.85. The summed E-state index contributed by atoms with van der Waals surface area (Å²) in [5.41, 5.74) is 0. The lowest BCUT2D eigenvalue weighted by molar-refractivity contribution is -0.138. The average Bonchev–Trinajstić information content (AvgIpc) is 2.39. The first-order valence-electron chi connectivity index (χ1n) is 5.90. The molecular formula is C12H15F2NO5S. The molecule has 0 aliphatic carbocycles. The first-order valence-corrected chi connectivity index (χ1v) is 7.38. The van der Waals surface area contributed by atoms with Crippen LogP contribution in [0.4, 0.5) is 8.78 Å². The number of sulfonamides is 1. The molecule has 0 aliphatic rings. The van der Waals surface area contributed by atoms with Crippen molar-refractivity contribution in [2.45, 2.75) is 30.4 Å². The smallest absolute Gasteiger partial charge is 0.305 e. The third kappa shape index (κ3) is 4.45. The number of methoxy groups -OCH3 is 1. The first kappa shape index (κ1) is 17.5. The molecule has 0 saturated carbocycles. The van der Waals surface area contributed by atoms with E-state index in [0.717, 1.165) is 18.2 Å². The van der Waals surface area contributed by atoms with Gasteiger partial charge in [-0.2, -0.15) is 0 Å². The van der Waals surface area contributed by atoms with E-state index in [9.17, 15) is 22.0 Å². The van der Waals surface area contributed by atoms with Crippen molar-refractivity contribution in [2.24, 2.45) is 0 Å². The van der Waals surface area contributed by atoms with E-state index >= 15 is 0 Å². The van der Waals surface area contributed by atoms with Gasteiger partial charge in [-0.05, 0) is 19.1 Å². The van der Waals surface area contributed by atoms with E-state index in [2.05, 4.69) is 0 Å². The molecule has 1 aromatic carbocycles. The van der Waals surface area contributed by atoms with E-state index < -0.39 is 51.1 Å². The number of hydrogen-bond donors (Lipinski definition) is 2. The van der Waals surface area contributed by atoms with Gasteiger partial charge in [-0.25, -0.2) is 21.9 Å². The topological polar surface area (TPSA) is 92.7 Å². The molecule has 0 bridgehead atoms. The van der Waals surface area contributed by atoms with Crippen molar-refractivity contribution < 1.29 is 31.8 Å². The highest BCUT2D eigenvalue weighted by molar-refractivity contribution is 7.89. The third-order valence-corrected chi connectivity index (χ3v) is 4.35. The van der Waals surface area contributed by atoms with E-state index in [1.54, 1.807) is 0 Å². The fourth-order valence-corrected chi connectivity index (χ4v) is 3.00. The summed E-state index contributed by atoms with van der Waals surface area (Å²) in [6.07, 6.45) is -1.34. The molecule has 6 nitrogen and oxygen atoms in total. The van der Waals surface area contributed by atoms with Crippen LogP contribution in [0.15, 0.2) is 23.1 Å². The van der Waals surface area contributed by atoms with Crippen molar-refractivity contribution in [1.29, 1.82) is 0 Å². The van der Waals surface area contributed by atoms with Gasteiger partial charge in [0.05, 0.1) is 18.6 Å². The Balaban J connectivity index is 3.11. The van der Waals surface area contributed by atoms with Gasteiger partial charge in [0, 0.05) is 7.11 Å². The number of aliphatic carboxylic acids is 1. The van der Waals surface area contributed by atoms with Crippen LogP contribution in [0, 0.1) is 11.6 Å². The van der Waals surface area contributed by atoms with Gasteiger partial charge in [0.2, 0.25) is 10.0 Å². The average molecular weight is 323 g/mol. The highest BCUT2D eigenvalue weighted by Gasteiger charge is 2.29. The maximum absolute atomic E-state index is 13.6. The highest BCUT2D eigenvalue weighted by Crippen LogP contribution is 2.18. The molecule has 0 radical (unpaired) electrons. The van der Waals surface area contributed by atoms with Crippen molar-refractivity contribution >= 4 is 16.0 Å². The van der Waals surface area contributed by atoms with Gasteiger partial charge in [0.1, 0.15) is 4.90 Å². The largest absolute Gasteiger partial charge is 0.481 e. The molecule has 9 heteroatoms. The number of ether oxygens (including phenoxy) is 1. The predicted molar refractivity (Wildman–Crippen MR) is 69.2 cm³/mol. The maximum atomic E-state index is 13.6. The fraction of sp³-hybridized carbons (Fsp3) is 0.417. The molecular weight excluding hydrogens is 308 g/mol. The lowest BCUT2D eigenvalue weighted by Crippen LogP contribution is -2.44. The van der Waals surface area contributed by atoms with Crippen LogP contribution in [0.3, 0.4) is 0 Å². The molecule has 1 aromatic rings. The lowest BCUT2D eigenvalue weighted by Gasteiger charge is -2.22. The summed E-state index contributed by atoms with van der Waals surface area (Å²) >= 11 is 0. The molecule has 0 saturated heterocycles. The van der Waals surface area contributed by atoms with Crippen molar-refractivity contribution in [3.63, 3.8) is 0 Å². The van der Waals surface area contributed by atoms with E-state index in [4.69, 9.17) is 9.84 Å². The van der Waals surface area contributed by atoms with Crippen LogP contribution in [0.25, 0.3) is 0 Å². The molecule has 1 rings (SSSR count). The molecule has 0 amide bonds. The summed E-state index contributed by atoms with van der Waals surface area (Å²) in [4.78, 5) is 9.86. The molecule has 0 unspecified atom stereocenters. The fourth-order valence-electron chi connectivity index (χ4n) is 1.61. The molecule has 2 N–H and O–H groups in total. The minimum absolute atomic E-state index is 0.564. The van der Waals surface area contributed by atoms with Crippen molar-refractivity contribution in [3.05, 3.63) is 29.8 Å². The zero-order chi connectivity index (χ0) is 16.2. The predicted octanol–water partition coefficient (Wildman–Crippen LogP) is 1.12. The van der Waals surface area contributed by atoms with Crippen LogP contribution in [-0.4, -0.2) is 38.7 Å². The van der Waals surface area contributed by atoms with Crippen molar-refractivity contribution in [1.82, 2.24) is 4.72 Å². The van der Waals surface area contributed by atoms with E-state index in [-0.39, 0.29) is 0 Å². The molecule has 118 valence electrons. The minimum Gasteiger partial charge on any atom is -0.481 e. The van der Waals surface area contributed by atoms with Crippen LogP contribution in [0.1, 0.15) is 13.3 Å². The Bertz CT molecular complexity index is 620. The maximum Gasteiger partial charge on any atom is 0.305 e. The number of rotatable bonds is 7. The minimum atomic E-state index is -4.42. The SMILES string of the molecule is CO[C@H](C)[C@@H](CC(=O)O)NS(=O)(=O)c1cccc(F)c1F. The van der Waals surface area contributed by atoms with Crippen LogP contribution in [0.5, 0.6) is 0 Å². The number of carboxylic acid groups (broad SMARTS) is 1. The summed E-state index contributed by atoms with van der Waals surface area (Å²) in [5, 5.41) is 8.77. The lowest BCUT2D eigenvalue weighted by atomic mass is 10.1. The molecule has 0 fully saturated rings. The Morgan fingerprint density at radius 2 is 2.05 bits per heavy atom. The summed E-state index contributed by atoms with van der Waals surface area (Å²) < 4.78 is 57.7. The summed E-state index contributed by atoms with van der Waals surface area (Å²) in [6.45, 7) is 1.46. The first-order chi connectivity index (χ1) is 9.69. The van der Waals surface area contributed by atoms with Gasteiger partial charge in [0.15, 0.2) is 11.6 Å². The molecule has 0 heterocycles. The Morgan fingerprint density at radius 1 is 1.43 bits per heavy atom. The van der Waals surface area contributed by atoms with Gasteiger partial charge < -0.3 is 9.84 Å². The monoisotopic (exact) mass is 323 g/mol. The molecule has 0 spiro atoms.